The average Bonchev–Trinajstić information content (AvgIpc) is 3.05. The Bertz CT molecular complexity index is 887. The highest BCUT2D eigenvalue weighted by Gasteiger charge is 2.24. The molecular formula is C15H17ClFN3O3S. The Labute approximate surface area is 146 Å². The molecule has 2 heterocycles. The molecule has 0 spiro atoms. The van der Waals surface area contributed by atoms with E-state index in [2.05, 4.69) is 4.99 Å². The highest BCUT2D eigenvalue weighted by atomic mass is 35.5. The first-order valence-electron chi connectivity index (χ1n) is 7.43. The molecule has 0 saturated carbocycles. The molecule has 24 heavy (non-hydrogen) atoms. The molecular weight excluding hydrogens is 357 g/mol. The van der Waals surface area contributed by atoms with Crippen molar-refractivity contribution in [3.8, 4) is 5.75 Å². The SMILES string of the molecule is COC1Cn2c(=O)sc(=Nc3cc(OC(C)C)c(Cl)cc3F)n2C1. The van der Waals surface area contributed by atoms with Gasteiger partial charge < -0.3 is 9.47 Å². The fourth-order valence-electron chi connectivity index (χ4n) is 2.46. The summed E-state index contributed by atoms with van der Waals surface area (Å²) in [6, 6.07) is 2.61. The maximum atomic E-state index is 14.2. The number of hydrogen-bond donors (Lipinski definition) is 0. The zero-order valence-corrected chi connectivity index (χ0v) is 15.0. The van der Waals surface area contributed by atoms with Crippen molar-refractivity contribution in [3.05, 3.63) is 37.4 Å². The quantitative estimate of drug-likeness (QED) is 0.827. The van der Waals surface area contributed by atoms with E-state index in [0.717, 1.165) is 11.3 Å². The number of ether oxygens (including phenoxy) is 2. The van der Waals surface area contributed by atoms with Gasteiger partial charge in [-0.05, 0) is 31.3 Å². The van der Waals surface area contributed by atoms with E-state index in [0.29, 0.717) is 23.6 Å². The molecule has 1 aliphatic rings. The van der Waals surface area contributed by atoms with Crippen molar-refractivity contribution in [2.24, 2.45) is 4.99 Å². The Morgan fingerprint density at radius 2 is 2.08 bits per heavy atom. The lowest BCUT2D eigenvalue weighted by atomic mass is 10.3. The third-order valence-corrected chi connectivity index (χ3v) is 4.73. The van der Waals surface area contributed by atoms with Crippen molar-refractivity contribution in [2.45, 2.75) is 39.1 Å². The first-order valence-corrected chi connectivity index (χ1v) is 8.62. The van der Waals surface area contributed by atoms with Crippen LogP contribution in [0.25, 0.3) is 0 Å². The van der Waals surface area contributed by atoms with Crippen LogP contribution in [0.2, 0.25) is 5.02 Å². The van der Waals surface area contributed by atoms with E-state index in [1.807, 2.05) is 13.8 Å². The third kappa shape index (κ3) is 3.26. The number of halogens is 2. The zero-order chi connectivity index (χ0) is 17.4. The molecule has 0 bridgehead atoms. The summed E-state index contributed by atoms with van der Waals surface area (Å²) < 4.78 is 28.3. The Hall–Kier alpha value is -1.64. The van der Waals surface area contributed by atoms with Crippen LogP contribution in [0, 0.1) is 5.82 Å². The minimum absolute atomic E-state index is 0.0769. The summed E-state index contributed by atoms with van der Waals surface area (Å²) >= 11 is 6.97. The Kier molecular flexibility index (Phi) is 4.80. The summed E-state index contributed by atoms with van der Waals surface area (Å²) in [4.78, 5) is 16.6. The second kappa shape index (κ2) is 6.70. The van der Waals surface area contributed by atoms with Gasteiger partial charge >= 0.3 is 4.87 Å². The van der Waals surface area contributed by atoms with Crippen molar-refractivity contribution in [1.82, 2.24) is 9.36 Å². The lowest BCUT2D eigenvalue weighted by Crippen LogP contribution is -2.20. The van der Waals surface area contributed by atoms with Crippen LogP contribution in [0.1, 0.15) is 13.8 Å². The molecule has 1 aromatic carbocycles. The number of fused-ring (bicyclic) bond motifs is 1. The van der Waals surface area contributed by atoms with Crippen LogP contribution in [-0.2, 0) is 17.8 Å². The Balaban J connectivity index is 2.07. The zero-order valence-electron chi connectivity index (χ0n) is 13.5. The second-order valence-electron chi connectivity index (χ2n) is 5.68. The molecule has 9 heteroatoms. The molecule has 130 valence electrons. The Morgan fingerprint density at radius 1 is 1.38 bits per heavy atom. The summed E-state index contributed by atoms with van der Waals surface area (Å²) in [6.45, 7) is 4.66. The fourth-order valence-corrected chi connectivity index (χ4v) is 3.51. The van der Waals surface area contributed by atoms with Crippen LogP contribution >= 0.6 is 22.9 Å². The highest BCUT2D eigenvalue weighted by Crippen LogP contribution is 2.32. The fraction of sp³-hybridized carbons (Fsp3) is 0.467. The van der Waals surface area contributed by atoms with E-state index in [-0.39, 0.29) is 27.8 Å². The van der Waals surface area contributed by atoms with Gasteiger partial charge in [0, 0.05) is 13.2 Å². The maximum Gasteiger partial charge on any atom is 0.325 e. The molecule has 1 atom stereocenters. The van der Waals surface area contributed by atoms with Gasteiger partial charge in [-0.15, -0.1) is 0 Å². The maximum absolute atomic E-state index is 14.2. The molecule has 1 aromatic heterocycles. The van der Waals surface area contributed by atoms with E-state index < -0.39 is 5.82 Å². The smallest absolute Gasteiger partial charge is 0.325 e. The molecule has 2 aromatic rings. The van der Waals surface area contributed by atoms with Gasteiger partial charge in [-0.3, -0.25) is 9.48 Å². The van der Waals surface area contributed by atoms with Crippen molar-refractivity contribution in [3.63, 3.8) is 0 Å². The van der Waals surface area contributed by atoms with Gasteiger partial charge in [0.25, 0.3) is 0 Å². The summed E-state index contributed by atoms with van der Waals surface area (Å²) in [7, 11) is 1.59. The van der Waals surface area contributed by atoms with E-state index in [9.17, 15) is 9.18 Å². The summed E-state index contributed by atoms with van der Waals surface area (Å²) in [5.74, 6) is -0.215. The predicted octanol–water partition coefficient (Wildman–Crippen LogP) is 2.55. The van der Waals surface area contributed by atoms with Crippen LogP contribution in [0.15, 0.2) is 21.9 Å². The first kappa shape index (κ1) is 17.2. The predicted molar refractivity (Wildman–Crippen MR) is 89.8 cm³/mol. The molecule has 0 saturated heterocycles. The van der Waals surface area contributed by atoms with Crippen molar-refractivity contribution < 1.29 is 13.9 Å². The lowest BCUT2D eigenvalue weighted by Gasteiger charge is -2.12. The number of aromatic nitrogens is 2. The van der Waals surface area contributed by atoms with Gasteiger partial charge in [-0.25, -0.2) is 14.1 Å². The summed E-state index contributed by atoms with van der Waals surface area (Å²) in [6.07, 6.45) is -0.192. The van der Waals surface area contributed by atoms with E-state index >= 15 is 0 Å². The molecule has 1 aliphatic heterocycles. The third-order valence-electron chi connectivity index (χ3n) is 3.57. The van der Waals surface area contributed by atoms with Crippen LogP contribution in [-0.4, -0.2) is 28.7 Å². The molecule has 3 rings (SSSR count). The van der Waals surface area contributed by atoms with Crippen molar-refractivity contribution in [1.29, 1.82) is 0 Å². The van der Waals surface area contributed by atoms with Crippen molar-refractivity contribution >= 4 is 28.6 Å². The van der Waals surface area contributed by atoms with Gasteiger partial charge in [-0.2, -0.15) is 0 Å². The molecule has 0 amide bonds. The normalized spacial score (nSPS) is 17.6. The summed E-state index contributed by atoms with van der Waals surface area (Å²) in [5, 5.41) is 0.183. The van der Waals surface area contributed by atoms with E-state index in [1.165, 1.54) is 12.1 Å². The van der Waals surface area contributed by atoms with Crippen LogP contribution < -0.4 is 14.4 Å². The minimum Gasteiger partial charge on any atom is -0.489 e. The molecule has 6 nitrogen and oxygen atoms in total. The van der Waals surface area contributed by atoms with Gasteiger partial charge in [0.15, 0.2) is 5.82 Å². The standard InChI is InChI=1S/C15H17ClFN3O3S/c1-8(2)23-13-5-12(11(17)4-10(13)16)18-14-19-6-9(22-3)7-20(19)15(21)24-14/h4-5,8-9H,6-7H2,1-3H3. The van der Waals surface area contributed by atoms with Crippen molar-refractivity contribution in [2.75, 3.05) is 7.11 Å². The van der Waals surface area contributed by atoms with Gasteiger partial charge in [0.05, 0.1) is 30.3 Å². The first-order chi connectivity index (χ1) is 11.4. The molecule has 1 unspecified atom stereocenters. The second-order valence-corrected chi connectivity index (χ2v) is 7.01. The summed E-state index contributed by atoms with van der Waals surface area (Å²) in [5.41, 5.74) is 0.0769. The molecule has 0 fully saturated rings. The minimum atomic E-state index is -0.572. The molecule has 0 N–H and O–H groups in total. The Morgan fingerprint density at radius 3 is 2.75 bits per heavy atom. The lowest BCUT2D eigenvalue weighted by molar-refractivity contribution is 0.0992. The van der Waals surface area contributed by atoms with E-state index in [1.54, 1.807) is 16.5 Å². The topological polar surface area (TPSA) is 57.8 Å². The largest absolute Gasteiger partial charge is 0.489 e. The van der Waals surface area contributed by atoms with Gasteiger partial charge in [0.2, 0.25) is 4.80 Å². The number of methoxy groups -OCH3 is 1. The number of nitrogens with zero attached hydrogens (tertiary/aromatic N) is 3. The van der Waals surface area contributed by atoms with Gasteiger partial charge in [-0.1, -0.05) is 11.6 Å². The van der Waals surface area contributed by atoms with Crippen LogP contribution in [0.4, 0.5) is 10.1 Å². The van der Waals surface area contributed by atoms with Crippen LogP contribution in [0.3, 0.4) is 0 Å². The molecule has 0 aliphatic carbocycles. The highest BCUT2D eigenvalue weighted by molar-refractivity contribution is 7.06. The number of rotatable bonds is 4. The number of benzene rings is 1. The van der Waals surface area contributed by atoms with Crippen LogP contribution in [0.5, 0.6) is 5.75 Å². The van der Waals surface area contributed by atoms with E-state index in [4.69, 9.17) is 21.1 Å². The molecule has 0 radical (unpaired) electrons. The average molecular weight is 374 g/mol. The number of hydrogen-bond acceptors (Lipinski definition) is 5. The van der Waals surface area contributed by atoms with Gasteiger partial charge in [0.1, 0.15) is 11.4 Å². The monoisotopic (exact) mass is 373 g/mol.